The van der Waals surface area contributed by atoms with E-state index in [1.165, 1.54) is 0 Å². The maximum Gasteiger partial charge on any atom is 0.554 e. The van der Waals surface area contributed by atoms with Gasteiger partial charge in [0, 0.05) is 20.0 Å². The highest BCUT2D eigenvalue weighted by Crippen LogP contribution is 2.08. The van der Waals surface area contributed by atoms with E-state index in [9.17, 15) is 0 Å². The van der Waals surface area contributed by atoms with Crippen LogP contribution in [-0.4, -0.2) is 86.3 Å². The predicted octanol–water partition coefficient (Wildman–Crippen LogP) is -5.31. The summed E-state index contributed by atoms with van der Waals surface area (Å²) in [5, 5.41) is 53.3. The van der Waals surface area contributed by atoms with Crippen LogP contribution in [0, 0.1) is 0 Å². The standard InChI is InChI=1S/C3H12B3N3O6/c10-4(11)7-1-8(5(12)13)3-9(2-7)6(14)15/h10-15H,1-3H2. The second kappa shape index (κ2) is 5.25. The van der Waals surface area contributed by atoms with Gasteiger partial charge in [-0.3, -0.25) is 14.4 Å². The van der Waals surface area contributed by atoms with Gasteiger partial charge in [-0.05, 0) is 0 Å². The molecule has 15 heavy (non-hydrogen) atoms. The molecule has 1 rings (SSSR count). The van der Waals surface area contributed by atoms with Gasteiger partial charge in [0.05, 0.1) is 0 Å². The maximum absolute atomic E-state index is 8.88. The van der Waals surface area contributed by atoms with Gasteiger partial charge in [-0.25, -0.2) is 0 Å². The predicted molar refractivity (Wildman–Crippen MR) is 50.7 cm³/mol. The fourth-order valence-corrected chi connectivity index (χ4v) is 1.27. The third-order valence-corrected chi connectivity index (χ3v) is 2.07. The van der Waals surface area contributed by atoms with E-state index in [-0.39, 0.29) is 20.0 Å². The highest BCUT2D eigenvalue weighted by atomic mass is 16.4. The monoisotopic (exact) mass is 219 g/mol. The zero-order chi connectivity index (χ0) is 11.6. The van der Waals surface area contributed by atoms with E-state index in [0.717, 1.165) is 14.4 Å². The first kappa shape index (κ1) is 12.9. The van der Waals surface area contributed by atoms with Gasteiger partial charge in [0.15, 0.2) is 0 Å². The van der Waals surface area contributed by atoms with E-state index in [1.807, 2.05) is 0 Å². The van der Waals surface area contributed by atoms with Gasteiger partial charge < -0.3 is 30.1 Å². The fourth-order valence-electron chi connectivity index (χ4n) is 1.27. The molecule has 6 N–H and O–H groups in total. The van der Waals surface area contributed by atoms with Crippen LogP contribution in [0.2, 0.25) is 0 Å². The second-order valence-corrected chi connectivity index (χ2v) is 3.23. The average Bonchev–Trinajstić information content (AvgIpc) is 2.16. The first-order chi connectivity index (χ1) is 6.91. The Morgan fingerprint density at radius 2 is 0.733 bits per heavy atom. The zero-order valence-electron chi connectivity index (χ0n) is 7.88. The van der Waals surface area contributed by atoms with Crippen molar-refractivity contribution in [2.45, 2.75) is 0 Å². The summed E-state index contributed by atoms with van der Waals surface area (Å²) in [4.78, 5) is 3.01. The molecule has 0 unspecified atom stereocenters. The molecular weight excluding hydrogens is 206 g/mol. The first-order valence-corrected chi connectivity index (χ1v) is 4.22. The lowest BCUT2D eigenvalue weighted by Gasteiger charge is -2.41. The Balaban J connectivity index is 2.64. The normalized spacial score (nSPS) is 20.4. The highest BCUT2D eigenvalue weighted by Gasteiger charge is 2.38. The minimum atomic E-state index is -1.81. The third-order valence-electron chi connectivity index (χ3n) is 2.07. The highest BCUT2D eigenvalue weighted by molar-refractivity contribution is 6.41. The topological polar surface area (TPSA) is 131 Å². The molecule has 0 radical (unpaired) electrons. The van der Waals surface area contributed by atoms with E-state index < -0.39 is 21.8 Å². The van der Waals surface area contributed by atoms with Gasteiger partial charge in [0.1, 0.15) is 0 Å². The minimum Gasteiger partial charge on any atom is -0.413 e. The molecule has 0 saturated carbocycles. The molecule has 0 bridgehead atoms. The Morgan fingerprint density at radius 1 is 0.533 bits per heavy atom. The van der Waals surface area contributed by atoms with Crippen molar-refractivity contribution in [1.29, 1.82) is 0 Å². The van der Waals surface area contributed by atoms with Crippen LogP contribution in [0.5, 0.6) is 0 Å². The van der Waals surface area contributed by atoms with E-state index in [1.54, 1.807) is 0 Å². The van der Waals surface area contributed by atoms with Crippen LogP contribution in [0.4, 0.5) is 0 Å². The van der Waals surface area contributed by atoms with Gasteiger partial charge >= 0.3 is 21.8 Å². The average molecular weight is 219 g/mol. The molecule has 84 valence electrons. The van der Waals surface area contributed by atoms with E-state index in [4.69, 9.17) is 30.1 Å². The van der Waals surface area contributed by atoms with Crippen molar-refractivity contribution >= 4 is 21.8 Å². The van der Waals surface area contributed by atoms with Gasteiger partial charge in [-0.15, -0.1) is 0 Å². The van der Waals surface area contributed by atoms with Gasteiger partial charge in [0.25, 0.3) is 0 Å². The molecule has 0 spiro atoms. The largest absolute Gasteiger partial charge is 0.554 e. The number of hydrogen-bond donors (Lipinski definition) is 6. The van der Waals surface area contributed by atoms with Gasteiger partial charge in [-0.1, -0.05) is 0 Å². The number of rotatable bonds is 3. The summed E-state index contributed by atoms with van der Waals surface area (Å²) in [5.74, 6) is 0. The summed E-state index contributed by atoms with van der Waals surface area (Å²) in [7, 11) is -5.44. The maximum atomic E-state index is 8.88. The van der Waals surface area contributed by atoms with E-state index >= 15 is 0 Å². The van der Waals surface area contributed by atoms with Crippen LogP contribution in [0.3, 0.4) is 0 Å². The molecular formula is C3H12B3N3O6. The first-order valence-electron chi connectivity index (χ1n) is 4.22. The smallest absolute Gasteiger partial charge is 0.413 e. The van der Waals surface area contributed by atoms with Crippen LogP contribution in [0.15, 0.2) is 0 Å². The summed E-state index contributed by atoms with van der Waals surface area (Å²) in [6.07, 6.45) is 0. The number of nitrogens with zero attached hydrogens (tertiary/aromatic N) is 3. The Kier molecular flexibility index (Phi) is 4.52. The van der Waals surface area contributed by atoms with Crippen LogP contribution in [0.25, 0.3) is 0 Å². The van der Waals surface area contributed by atoms with Crippen LogP contribution < -0.4 is 0 Å². The zero-order valence-corrected chi connectivity index (χ0v) is 7.88. The molecule has 0 atom stereocenters. The van der Waals surface area contributed by atoms with Crippen molar-refractivity contribution < 1.29 is 30.1 Å². The van der Waals surface area contributed by atoms with E-state index in [2.05, 4.69) is 0 Å². The van der Waals surface area contributed by atoms with Crippen molar-refractivity contribution in [3.63, 3.8) is 0 Å². The third kappa shape index (κ3) is 3.41. The lowest BCUT2D eigenvalue weighted by molar-refractivity contribution is 0.0462. The lowest BCUT2D eigenvalue weighted by Crippen LogP contribution is -2.65. The molecule has 1 heterocycles. The van der Waals surface area contributed by atoms with E-state index in [0.29, 0.717) is 0 Å². The summed E-state index contributed by atoms with van der Waals surface area (Å²) in [5.41, 5.74) is 0. The molecule has 0 aromatic rings. The van der Waals surface area contributed by atoms with Crippen molar-refractivity contribution in [3.05, 3.63) is 0 Å². The molecule has 0 aromatic heterocycles. The molecule has 0 aromatic carbocycles. The summed E-state index contributed by atoms with van der Waals surface area (Å²) in [6.45, 7) is -0.338. The molecule has 0 amide bonds. The fraction of sp³-hybridized carbons (Fsp3) is 1.00. The molecule has 1 fully saturated rings. The Bertz CT molecular complexity index is 168. The number of hydrogen-bond acceptors (Lipinski definition) is 9. The molecule has 1 aliphatic heterocycles. The summed E-state index contributed by atoms with van der Waals surface area (Å²) < 4.78 is 0. The Hall–Kier alpha value is -0.165. The SMILES string of the molecule is OB(O)N1CN(B(O)O)CN(B(O)O)C1. The minimum absolute atomic E-state index is 0.113. The van der Waals surface area contributed by atoms with Gasteiger partial charge in [0.2, 0.25) is 0 Å². The Morgan fingerprint density at radius 3 is 0.867 bits per heavy atom. The lowest BCUT2D eigenvalue weighted by atomic mass is 9.99. The van der Waals surface area contributed by atoms with Gasteiger partial charge in [-0.2, -0.15) is 0 Å². The second-order valence-electron chi connectivity index (χ2n) is 3.23. The van der Waals surface area contributed by atoms with Crippen molar-refractivity contribution in [2.75, 3.05) is 20.0 Å². The summed E-state index contributed by atoms with van der Waals surface area (Å²) >= 11 is 0. The van der Waals surface area contributed by atoms with Crippen molar-refractivity contribution in [3.8, 4) is 0 Å². The van der Waals surface area contributed by atoms with Crippen molar-refractivity contribution in [1.82, 2.24) is 14.4 Å². The summed E-state index contributed by atoms with van der Waals surface area (Å²) in [6, 6.07) is 0. The Labute approximate surface area is 87.3 Å². The molecule has 0 aliphatic carbocycles. The molecule has 9 nitrogen and oxygen atoms in total. The van der Waals surface area contributed by atoms with Crippen LogP contribution >= 0.6 is 0 Å². The van der Waals surface area contributed by atoms with Crippen LogP contribution in [0.1, 0.15) is 0 Å². The quantitative estimate of drug-likeness (QED) is 0.257. The molecule has 1 saturated heterocycles. The van der Waals surface area contributed by atoms with Crippen LogP contribution in [-0.2, 0) is 0 Å². The molecule has 12 heteroatoms. The molecule has 1 aliphatic rings. The van der Waals surface area contributed by atoms with Crippen molar-refractivity contribution in [2.24, 2.45) is 0 Å².